The van der Waals surface area contributed by atoms with Crippen LogP contribution >= 0.6 is 0 Å². The molecule has 4 aromatic rings. The summed E-state index contributed by atoms with van der Waals surface area (Å²) < 4.78 is 7.61. The number of hydrogen-bond acceptors (Lipinski definition) is 5. The maximum atomic E-state index is 13.5. The summed E-state index contributed by atoms with van der Waals surface area (Å²) >= 11 is 0. The van der Waals surface area contributed by atoms with E-state index in [-0.39, 0.29) is 11.9 Å². The Balaban J connectivity index is 1.38. The van der Waals surface area contributed by atoms with Crippen molar-refractivity contribution >= 4 is 11.9 Å². The van der Waals surface area contributed by atoms with Crippen LogP contribution in [0.4, 0.5) is 0 Å². The summed E-state index contributed by atoms with van der Waals surface area (Å²) in [7, 11) is 0. The zero-order chi connectivity index (χ0) is 31.8. The molecule has 1 aliphatic rings. The molecule has 3 aromatic carbocycles. The number of carbonyl (C=O) groups is 2. The molecule has 1 aliphatic heterocycles. The number of hydrogen-bond donors (Lipinski definition) is 1. The number of nitrogens with zero attached hydrogens (tertiary/aromatic N) is 3. The highest BCUT2D eigenvalue weighted by molar-refractivity contribution is 5.87. The number of imidazole rings is 1. The van der Waals surface area contributed by atoms with Crippen LogP contribution in [0.15, 0.2) is 97.3 Å². The molecule has 2 N–H and O–H groups in total. The Bertz CT molecular complexity index is 1440. The first-order valence-electron chi connectivity index (χ1n) is 16.3. The van der Waals surface area contributed by atoms with Crippen molar-refractivity contribution in [2.24, 2.45) is 11.7 Å². The minimum Gasteiger partial charge on any atom is -0.464 e. The summed E-state index contributed by atoms with van der Waals surface area (Å²) in [6.45, 7) is 6.88. The highest BCUT2D eigenvalue weighted by Gasteiger charge is 2.40. The number of ether oxygens (including phenoxy) is 1. The summed E-state index contributed by atoms with van der Waals surface area (Å²) in [6, 6.07) is 30.5. The summed E-state index contributed by atoms with van der Waals surface area (Å²) in [5.74, 6) is -0.0789. The largest absolute Gasteiger partial charge is 0.464 e. The molecule has 45 heavy (non-hydrogen) atoms. The number of carbonyl (C=O) groups excluding carboxylic acids is 2. The third-order valence-electron chi connectivity index (χ3n) is 9.42. The van der Waals surface area contributed by atoms with Gasteiger partial charge in [0.25, 0.3) is 0 Å². The smallest absolute Gasteiger partial charge is 0.328 e. The number of rotatable bonds is 12. The predicted molar refractivity (Wildman–Crippen MR) is 178 cm³/mol. The van der Waals surface area contributed by atoms with Crippen molar-refractivity contribution in [2.75, 3.05) is 13.2 Å². The van der Waals surface area contributed by atoms with Crippen LogP contribution in [-0.2, 0) is 26.3 Å². The van der Waals surface area contributed by atoms with Crippen molar-refractivity contribution in [3.05, 3.63) is 125 Å². The van der Waals surface area contributed by atoms with Gasteiger partial charge in [0.1, 0.15) is 11.6 Å². The molecule has 236 valence electrons. The van der Waals surface area contributed by atoms with Crippen molar-refractivity contribution in [3.8, 4) is 0 Å². The molecule has 0 bridgehead atoms. The van der Waals surface area contributed by atoms with Crippen LogP contribution < -0.4 is 5.73 Å². The standard InChI is InChI=1S/C38H46N4O3/c1-4-29-24-25-41(35(26-29)37(44)45-5-2)36(43)33(39)22-15-23-34-28(3)42(27-40-34)38(30-16-9-6-10-17-30,31-18-11-7-12-19-31)32-20-13-8-14-21-32/h6-14,16-21,27,29,33,35H,4-5,15,22-26,39H2,1-3H3/t29-,33+,35-/m0/s1. The number of aromatic nitrogens is 2. The number of likely N-dealkylation sites (tertiary alicyclic amines) is 1. The van der Waals surface area contributed by atoms with Crippen molar-refractivity contribution in [2.45, 2.75) is 76.9 Å². The lowest BCUT2D eigenvalue weighted by molar-refractivity contribution is -0.158. The summed E-state index contributed by atoms with van der Waals surface area (Å²) in [6.07, 6.45) is 6.35. The second-order valence-electron chi connectivity index (χ2n) is 12.1. The zero-order valence-corrected chi connectivity index (χ0v) is 26.8. The summed E-state index contributed by atoms with van der Waals surface area (Å²) in [4.78, 5) is 32.9. The zero-order valence-electron chi connectivity index (χ0n) is 26.8. The minimum atomic E-state index is -0.681. The molecule has 0 aliphatic carbocycles. The number of nitrogens with two attached hydrogens (primary N) is 1. The number of aryl methyl sites for hydroxylation is 1. The van der Waals surface area contributed by atoms with E-state index in [4.69, 9.17) is 15.5 Å². The van der Waals surface area contributed by atoms with Gasteiger partial charge in [0.05, 0.1) is 24.7 Å². The van der Waals surface area contributed by atoms with Crippen molar-refractivity contribution < 1.29 is 14.3 Å². The molecule has 0 radical (unpaired) electrons. The van der Waals surface area contributed by atoms with Gasteiger partial charge in [0.15, 0.2) is 0 Å². The molecular weight excluding hydrogens is 560 g/mol. The van der Waals surface area contributed by atoms with E-state index in [2.05, 4.69) is 91.2 Å². The average molecular weight is 607 g/mol. The molecule has 0 spiro atoms. The van der Waals surface area contributed by atoms with Crippen molar-refractivity contribution in [3.63, 3.8) is 0 Å². The first-order valence-corrected chi connectivity index (χ1v) is 16.3. The quantitative estimate of drug-likeness (QED) is 0.152. The summed E-state index contributed by atoms with van der Waals surface area (Å²) in [5.41, 5.74) is 11.3. The fraction of sp³-hybridized carbons (Fsp3) is 0.395. The lowest BCUT2D eigenvalue weighted by Crippen LogP contribution is -2.55. The second kappa shape index (κ2) is 14.7. The van der Waals surface area contributed by atoms with Crippen LogP contribution in [0.25, 0.3) is 0 Å². The van der Waals surface area contributed by atoms with Crippen LogP contribution in [0.5, 0.6) is 0 Å². The number of esters is 1. The fourth-order valence-corrected chi connectivity index (χ4v) is 6.95. The van der Waals surface area contributed by atoms with E-state index in [1.54, 1.807) is 11.8 Å². The topological polar surface area (TPSA) is 90.4 Å². The highest BCUT2D eigenvalue weighted by atomic mass is 16.5. The predicted octanol–water partition coefficient (Wildman–Crippen LogP) is 6.26. The van der Waals surface area contributed by atoms with Gasteiger partial charge in [-0.1, -0.05) is 104 Å². The van der Waals surface area contributed by atoms with Gasteiger partial charge in [0, 0.05) is 12.2 Å². The van der Waals surface area contributed by atoms with Gasteiger partial charge >= 0.3 is 5.97 Å². The molecule has 0 saturated carbocycles. The monoisotopic (exact) mass is 606 g/mol. The first-order chi connectivity index (χ1) is 21.9. The molecule has 3 atom stereocenters. The molecule has 7 heteroatoms. The van der Waals surface area contributed by atoms with E-state index < -0.39 is 17.6 Å². The molecule has 0 unspecified atom stereocenters. The Morgan fingerprint density at radius 1 is 0.933 bits per heavy atom. The van der Waals surface area contributed by atoms with E-state index in [0.717, 1.165) is 40.9 Å². The molecule has 1 aromatic heterocycles. The SMILES string of the molecule is CCOC(=O)[C@@H]1C[C@@H](CC)CCN1C(=O)[C@H](N)CCCc1ncn(C(c2ccccc2)(c2ccccc2)c2ccccc2)c1C. The van der Waals surface area contributed by atoms with Gasteiger partial charge in [-0.05, 0) is 68.6 Å². The lowest BCUT2D eigenvalue weighted by atomic mass is 9.76. The average Bonchev–Trinajstić information content (AvgIpc) is 3.45. The van der Waals surface area contributed by atoms with E-state index >= 15 is 0 Å². The Morgan fingerprint density at radius 2 is 1.49 bits per heavy atom. The Kier molecular flexibility index (Phi) is 10.5. The maximum Gasteiger partial charge on any atom is 0.328 e. The van der Waals surface area contributed by atoms with E-state index in [1.165, 1.54) is 0 Å². The maximum absolute atomic E-state index is 13.5. The van der Waals surface area contributed by atoms with Crippen LogP contribution in [0.3, 0.4) is 0 Å². The van der Waals surface area contributed by atoms with Crippen LogP contribution in [0.1, 0.15) is 74.0 Å². The Labute approximate surface area is 267 Å². The van der Waals surface area contributed by atoms with Crippen molar-refractivity contribution in [1.82, 2.24) is 14.5 Å². The molecule has 1 fully saturated rings. The molecule has 5 rings (SSSR count). The van der Waals surface area contributed by atoms with Gasteiger partial charge < -0.3 is 19.9 Å². The van der Waals surface area contributed by atoms with Gasteiger partial charge in [0.2, 0.25) is 5.91 Å². The fourth-order valence-electron chi connectivity index (χ4n) is 6.95. The lowest BCUT2D eigenvalue weighted by Gasteiger charge is -2.39. The summed E-state index contributed by atoms with van der Waals surface area (Å²) in [5, 5.41) is 0. The normalized spacial score (nSPS) is 17.6. The third-order valence-corrected chi connectivity index (χ3v) is 9.42. The van der Waals surface area contributed by atoms with E-state index in [1.807, 2.05) is 24.5 Å². The highest BCUT2D eigenvalue weighted by Crippen LogP contribution is 2.42. The van der Waals surface area contributed by atoms with Gasteiger partial charge in [-0.3, -0.25) is 4.79 Å². The van der Waals surface area contributed by atoms with Gasteiger partial charge in [-0.15, -0.1) is 0 Å². The van der Waals surface area contributed by atoms with Crippen LogP contribution in [0, 0.1) is 12.8 Å². The molecule has 7 nitrogen and oxygen atoms in total. The molecular formula is C38H46N4O3. The second-order valence-corrected chi connectivity index (χ2v) is 12.1. The molecule has 2 heterocycles. The molecule has 1 amide bonds. The number of benzene rings is 3. The minimum absolute atomic E-state index is 0.166. The number of piperidine rings is 1. The Hall–Kier alpha value is -4.23. The van der Waals surface area contributed by atoms with E-state index in [0.29, 0.717) is 44.8 Å². The van der Waals surface area contributed by atoms with Crippen LogP contribution in [-0.4, -0.2) is 51.6 Å². The third kappa shape index (κ3) is 6.59. The number of amides is 1. The van der Waals surface area contributed by atoms with Gasteiger partial charge in [-0.25, -0.2) is 9.78 Å². The van der Waals surface area contributed by atoms with E-state index in [9.17, 15) is 9.59 Å². The van der Waals surface area contributed by atoms with Crippen LogP contribution in [0.2, 0.25) is 0 Å². The Morgan fingerprint density at radius 3 is 2.00 bits per heavy atom. The van der Waals surface area contributed by atoms with Gasteiger partial charge in [-0.2, -0.15) is 0 Å². The molecule has 1 saturated heterocycles. The van der Waals surface area contributed by atoms with Crippen molar-refractivity contribution in [1.29, 1.82) is 0 Å². The first kappa shape index (κ1) is 32.2.